The summed E-state index contributed by atoms with van der Waals surface area (Å²) in [6.45, 7) is 4.01. The summed E-state index contributed by atoms with van der Waals surface area (Å²) in [6.07, 6.45) is 4.19. The minimum atomic E-state index is -0.335. The zero-order valence-electron chi connectivity index (χ0n) is 7.06. The van der Waals surface area contributed by atoms with Crippen LogP contribution in [-0.4, -0.2) is 18.2 Å². The van der Waals surface area contributed by atoms with Crippen LogP contribution in [0.4, 0.5) is 0 Å². The minimum Gasteiger partial charge on any atom is -0.351 e. The maximum absolute atomic E-state index is 11.3. The Morgan fingerprint density at radius 2 is 2.08 bits per heavy atom. The van der Waals surface area contributed by atoms with E-state index in [-0.39, 0.29) is 11.6 Å². The van der Waals surface area contributed by atoms with Gasteiger partial charge in [-0.15, -0.1) is 0 Å². The van der Waals surface area contributed by atoms with Crippen LogP contribution in [0.3, 0.4) is 0 Å². The summed E-state index contributed by atoms with van der Waals surface area (Å²) in [6, 6.07) is 0. The van der Waals surface area contributed by atoms with E-state index < -0.39 is 0 Å². The van der Waals surface area contributed by atoms with E-state index in [9.17, 15) is 4.79 Å². The average Bonchev–Trinajstić information content (AvgIpc) is 2.47. The number of ether oxygens (including phenoxy) is 1. The predicted molar refractivity (Wildman–Crippen MR) is 44.4 cm³/mol. The van der Waals surface area contributed by atoms with Gasteiger partial charge in [0.2, 0.25) is 0 Å². The first-order valence-electron chi connectivity index (χ1n) is 4.36. The normalized spacial score (nSPS) is 27.7. The Hall–Kier alpha value is -0.830. The SMILES string of the molecule is C=C1COC2(CCCC2)NC1=O. The molecule has 3 nitrogen and oxygen atoms in total. The van der Waals surface area contributed by atoms with Gasteiger partial charge in [-0.3, -0.25) is 4.79 Å². The first-order valence-corrected chi connectivity index (χ1v) is 4.36. The molecule has 0 aromatic carbocycles. The molecule has 1 aliphatic carbocycles. The molecule has 0 aromatic rings. The largest absolute Gasteiger partial charge is 0.351 e. The quantitative estimate of drug-likeness (QED) is 0.546. The predicted octanol–water partition coefficient (Wildman–Crippen LogP) is 0.959. The van der Waals surface area contributed by atoms with E-state index in [0.29, 0.717) is 12.2 Å². The van der Waals surface area contributed by atoms with E-state index >= 15 is 0 Å². The van der Waals surface area contributed by atoms with Gasteiger partial charge in [0.1, 0.15) is 5.72 Å². The molecule has 1 amide bonds. The van der Waals surface area contributed by atoms with Crippen molar-refractivity contribution >= 4 is 5.91 Å². The third-order valence-corrected chi connectivity index (χ3v) is 2.60. The Kier molecular flexibility index (Phi) is 1.68. The van der Waals surface area contributed by atoms with Gasteiger partial charge in [0.25, 0.3) is 5.91 Å². The number of hydrogen-bond donors (Lipinski definition) is 1. The second-order valence-electron chi connectivity index (χ2n) is 3.55. The summed E-state index contributed by atoms with van der Waals surface area (Å²) < 4.78 is 5.58. The first kappa shape index (κ1) is 7.80. The molecule has 1 N–H and O–H groups in total. The van der Waals surface area contributed by atoms with E-state index in [1.807, 2.05) is 0 Å². The number of rotatable bonds is 0. The van der Waals surface area contributed by atoms with Gasteiger partial charge in [0.05, 0.1) is 6.61 Å². The van der Waals surface area contributed by atoms with Crippen molar-refractivity contribution in [2.45, 2.75) is 31.4 Å². The van der Waals surface area contributed by atoms with Crippen LogP contribution in [0.25, 0.3) is 0 Å². The Balaban J connectivity index is 2.10. The summed E-state index contributed by atoms with van der Waals surface area (Å²) in [4.78, 5) is 11.3. The summed E-state index contributed by atoms with van der Waals surface area (Å²) in [5.74, 6) is -0.0387. The van der Waals surface area contributed by atoms with Gasteiger partial charge >= 0.3 is 0 Å². The molecular formula is C9H13NO2. The molecule has 0 unspecified atom stereocenters. The first-order chi connectivity index (χ1) is 5.72. The minimum absolute atomic E-state index is 0.0387. The van der Waals surface area contributed by atoms with Crippen molar-refractivity contribution in [2.75, 3.05) is 6.61 Å². The molecule has 0 aromatic heterocycles. The van der Waals surface area contributed by atoms with Gasteiger partial charge in [0.15, 0.2) is 0 Å². The third kappa shape index (κ3) is 1.14. The van der Waals surface area contributed by atoms with Gasteiger partial charge in [-0.05, 0) is 25.7 Å². The van der Waals surface area contributed by atoms with Crippen LogP contribution in [0.5, 0.6) is 0 Å². The molecule has 1 spiro atoms. The molecule has 0 bridgehead atoms. The molecule has 2 rings (SSSR count). The van der Waals surface area contributed by atoms with Crippen LogP contribution in [0.2, 0.25) is 0 Å². The Morgan fingerprint density at radius 1 is 1.42 bits per heavy atom. The van der Waals surface area contributed by atoms with E-state index in [2.05, 4.69) is 11.9 Å². The lowest BCUT2D eigenvalue weighted by molar-refractivity contribution is -0.138. The Morgan fingerprint density at radius 3 is 2.67 bits per heavy atom. The molecule has 1 saturated heterocycles. The van der Waals surface area contributed by atoms with Gasteiger partial charge in [-0.1, -0.05) is 6.58 Å². The molecule has 12 heavy (non-hydrogen) atoms. The van der Waals surface area contributed by atoms with Crippen molar-refractivity contribution in [1.82, 2.24) is 5.32 Å². The molecule has 1 aliphatic heterocycles. The summed E-state index contributed by atoms with van der Waals surface area (Å²) >= 11 is 0. The molecule has 3 heteroatoms. The van der Waals surface area contributed by atoms with Crippen LogP contribution in [0, 0.1) is 0 Å². The summed E-state index contributed by atoms with van der Waals surface area (Å²) in [5, 5.41) is 2.88. The fourth-order valence-corrected chi connectivity index (χ4v) is 1.84. The molecule has 1 saturated carbocycles. The summed E-state index contributed by atoms with van der Waals surface area (Å²) in [7, 11) is 0. The Bertz CT molecular complexity index is 229. The lowest BCUT2D eigenvalue weighted by Crippen LogP contribution is -2.53. The second-order valence-corrected chi connectivity index (χ2v) is 3.55. The zero-order chi connectivity index (χ0) is 8.60. The van der Waals surface area contributed by atoms with Crippen molar-refractivity contribution in [1.29, 1.82) is 0 Å². The highest BCUT2D eigenvalue weighted by Crippen LogP contribution is 2.33. The van der Waals surface area contributed by atoms with E-state index in [1.54, 1.807) is 0 Å². The van der Waals surface area contributed by atoms with Crippen molar-refractivity contribution in [3.63, 3.8) is 0 Å². The molecule has 0 radical (unpaired) electrons. The van der Waals surface area contributed by atoms with E-state index in [1.165, 1.54) is 0 Å². The van der Waals surface area contributed by atoms with Crippen molar-refractivity contribution in [2.24, 2.45) is 0 Å². The zero-order valence-corrected chi connectivity index (χ0v) is 7.06. The van der Waals surface area contributed by atoms with Crippen molar-refractivity contribution in [3.8, 4) is 0 Å². The molecule has 2 fully saturated rings. The average molecular weight is 167 g/mol. The fraction of sp³-hybridized carbons (Fsp3) is 0.667. The highest BCUT2D eigenvalue weighted by atomic mass is 16.5. The topological polar surface area (TPSA) is 38.3 Å². The van der Waals surface area contributed by atoms with Gasteiger partial charge in [-0.25, -0.2) is 0 Å². The lowest BCUT2D eigenvalue weighted by Gasteiger charge is -2.35. The van der Waals surface area contributed by atoms with Gasteiger partial charge < -0.3 is 10.1 Å². The van der Waals surface area contributed by atoms with Crippen LogP contribution in [0.1, 0.15) is 25.7 Å². The Labute approximate surface area is 71.8 Å². The standard InChI is InChI=1S/C9H13NO2/c1-7-6-12-9(10-8(7)11)4-2-3-5-9/h1-6H2,(H,10,11). The fourth-order valence-electron chi connectivity index (χ4n) is 1.84. The number of carbonyl (C=O) groups excluding carboxylic acids is 1. The molecule has 2 aliphatic rings. The monoisotopic (exact) mass is 167 g/mol. The summed E-state index contributed by atoms with van der Waals surface area (Å²) in [5.41, 5.74) is 0.200. The van der Waals surface area contributed by atoms with E-state index in [4.69, 9.17) is 4.74 Å². The van der Waals surface area contributed by atoms with Crippen LogP contribution < -0.4 is 5.32 Å². The number of hydrogen-bond acceptors (Lipinski definition) is 2. The molecular weight excluding hydrogens is 154 g/mol. The van der Waals surface area contributed by atoms with Gasteiger partial charge in [0, 0.05) is 5.57 Å². The van der Waals surface area contributed by atoms with Crippen LogP contribution in [0.15, 0.2) is 12.2 Å². The third-order valence-electron chi connectivity index (χ3n) is 2.60. The number of carbonyl (C=O) groups is 1. The maximum atomic E-state index is 11.3. The van der Waals surface area contributed by atoms with Crippen molar-refractivity contribution in [3.05, 3.63) is 12.2 Å². The second kappa shape index (κ2) is 2.59. The van der Waals surface area contributed by atoms with Crippen LogP contribution in [-0.2, 0) is 9.53 Å². The van der Waals surface area contributed by atoms with E-state index in [0.717, 1.165) is 25.7 Å². The lowest BCUT2D eigenvalue weighted by atomic mass is 10.1. The molecule has 66 valence electrons. The number of amides is 1. The molecule has 0 atom stereocenters. The van der Waals surface area contributed by atoms with Crippen LogP contribution >= 0.6 is 0 Å². The maximum Gasteiger partial charge on any atom is 0.251 e. The highest BCUT2D eigenvalue weighted by molar-refractivity contribution is 5.94. The van der Waals surface area contributed by atoms with Gasteiger partial charge in [-0.2, -0.15) is 0 Å². The highest BCUT2D eigenvalue weighted by Gasteiger charge is 2.39. The van der Waals surface area contributed by atoms with Crippen molar-refractivity contribution < 1.29 is 9.53 Å². The smallest absolute Gasteiger partial charge is 0.251 e. The molecule has 1 heterocycles. The number of nitrogens with one attached hydrogen (secondary N) is 1.